The highest BCUT2D eigenvalue weighted by molar-refractivity contribution is 5.89. The molecule has 9 N–H and O–H groups in total. The Bertz CT molecular complexity index is 1680. The molecule has 0 radical (unpaired) electrons. The van der Waals surface area contributed by atoms with Crippen LogP contribution in [0.1, 0.15) is 13.8 Å². The van der Waals surface area contributed by atoms with Crippen LogP contribution in [-0.2, 0) is 28.5 Å². The predicted octanol–water partition coefficient (Wildman–Crippen LogP) is -1.00. The molecule has 0 aliphatic carbocycles. The first-order valence-electron chi connectivity index (χ1n) is 14.8. The van der Waals surface area contributed by atoms with Gasteiger partial charge in [-0.2, -0.15) is 0 Å². The first-order chi connectivity index (χ1) is 23.1. The number of rotatable bonds is 9. The minimum absolute atomic E-state index is 0.00911. The third-order valence-corrected chi connectivity index (χ3v) is 7.76. The van der Waals surface area contributed by atoms with Crippen LogP contribution in [0, 0.1) is 0 Å². The van der Waals surface area contributed by atoms with Crippen molar-refractivity contribution in [2.45, 2.75) is 75.3 Å². The lowest BCUT2D eigenvalue weighted by Crippen LogP contribution is -2.60. The maximum atomic E-state index is 11.4. The number of carbonyl (C=O) groups is 2. The van der Waals surface area contributed by atoms with Gasteiger partial charge in [-0.15, -0.1) is 0 Å². The summed E-state index contributed by atoms with van der Waals surface area (Å²) in [6.07, 6.45) is -16.9. The number of aliphatic hydroxyl groups is 6. The summed E-state index contributed by atoms with van der Waals surface area (Å²) in [5.41, 5.74) is -0.00243. The van der Waals surface area contributed by atoms with Gasteiger partial charge in [0, 0.05) is 32.0 Å². The number of esters is 2. The molecule has 1 aromatic heterocycles. The van der Waals surface area contributed by atoms with E-state index in [0.29, 0.717) is 0 Å². The predicted molar refractivity (Wildman–Crippen MR) is 159 cm³/mol. The zero-order valence-corrected chi connectivity index (χ0v) is 25.9. The van der Waals surface area contributed by atoms with Crippen LogP contribution in [0.3, 0.4) is 0 Å². The lowest BCUT2D eigenvalue weighted by atomic mass is 9.99. The molecule has 266 valence electrons. The highest BCUT2D eigenvalue weighted by Crippen LogP contribution is 2.43. The van der Waals surface area contributed by atoms with E-state index in [1.165, 1.54) is 12.1 Å². The number of hydrogen-bond acceptors (Lipinski definition) is 17. The summed E-state index contributed by atoms with van der Waals surface area (Å²) in [5, 5.41) is 93.8. The molecule has 0 amide bonds. The van der Waals surface area contributed by atoms with E-state index in [1.807, 2.05) is 0 Å². The van der Waals surface area contributed by atoms with Crippen LogP contribution in [0.15, 0.2) is 40.8 Å². The number of phenolic OH excluding ortho intramolecular Hbond substituents is 3. The monoisotopic (exact) mass is 695 g/mol. The maximum Gasteiger partial charge on any atom is 0.402 e. The molecule has 10 atom stereocenters. The molecule has 2 saturated heterocycles. The molecule has 2 aliphatic heterocycles. The van der Waals surface area contributed by atoms with Gasteiger partial charge >= 0.3 is 23.3 Å². The van der Waals surface area contributed by atoms with Gasteiger partial charge in [-0.25, -0.2) is 4.42 Å². The molecule has 10 unspecified atom stereocenters. The van der Waals surface area contributed by atoms with Gasteiger partial charge in [0.1, 0.15) is 78.9 Å². The number of hydrogen-bond donors (Lipinski definition) is 9. The topological polar surface area (TPSA) is 283 Å². The molecule has 18 nitrogen and oxygen atoms in total. The van der Waals surface area contributed by atoms with Crippen LogP contribution in [0.5, 0.6) is 28.7 Å². The normalized spacial score (nSPS) is 30.0. The Balaban J connectivity index is 1.56. The molecule has 0 spiro atoms. The summed E-state index contributed by atoms with van der Waals surface area (Å²) in [5.74, 6) is -3.54. The van der Waals surface area contributed by atoms with E-state index in [1.54, 1.807) is 0 Å². The minimum atomic E-state index is -1.87. The fourth-order valence-corrected chi connectivity index (χ4v) is 5.17. The average Bonchev–Trinajstić information content (AvgIpc) is 3.05. The molecule has 2 aliphatic rings. The highest BCUT2D eigenvalue weighted by atomic mass is 16.7. The Morgan fingerprint density at radius 3 is 1.71 bits per heavy atom. The van der Waals surface area contributed by atoms with E-state index in [9.17, 15) is 55.5 Å². The Hall–Kier alpha value is -4.53. The number of fused-ring (bicyclic) bond motifs is 1. The van der Waals surface area contributed by atoms with Crippen LogP contribution < -0.4 is 9.47 Å². The van der Waals surface area contributed by atoms with Gasteiger partial charge < -0.3 is 74.4 Å². The van der Waals surface area contributed by atoms with E-state index in [-0.39, 0.29) is 33.8 Å². The Morgan fingerprint density at radius 2 is 1.20 bits per heavy atom. The molecule has 2 fully saturated rings. The van der Waals surface area contributed by atoms with E-state index in [4.69, 9.17) is 32.8 Å². The van der Waals surface area contributed by atoms with Crippen molar-refractivity contribution in [1.29, 1.82) is 0 Å². The van der Waals surface area contributed by atoms with Crippen LogP contribution in [0.2, 0.25) is 0 Å². The number of phenols is 3. The number of aromatic hydroxyl groups is 3. The van der Waals surface area contributed by atoms with Gasteiger partial charge in [0.25, 0.3) is 0 Å². The van der Waals surface area contributed by atoms with E-state index in [2.05, 4.69) is 0 Å². The molecule has 18 heteroatoms. The average molecular weight is 696 g/mol. The van der Waals surface area contributed by atoms with Crippen molar-refractivity contribution in [2.24, 2.45) is 0 Å². The van der Waals surface area contributed by atoms with Crippen molar-refractivity contribution in [3.63, 3.8) is 0 Å². The van der Waals surface area contributed by atoms with Gasteiger partial charge in [0.2, 0.25) is 18.3 Å². The summed E-state index contributed by atoms with van der Waals surface area (Å²) in [4.78, 5) is 22.7. The lowest BCUT2D eigenvalue weighted by Gasteiger charge is -2.40. The van der Waals surface area contributed by atoms with Crippen LogP contribution >= 0.6 is 0 Å². The molecule has 49 heavy (non-hydrogen) atoms. The summed E-state index contributed by atoms with van der Waals surface area (Å²) in [6, 6.07) is 7.09. The van der Waals surface area contributed by atoms with Crippen molar-refractivity contribution in [3.05, 3.63) is 36.4 Å². The second kappa shape index (κ2) is 14.5. The van der Waals surface area contributed by atoms with Crippen LogP contribution in [-0.4, -0.2) is 133 Å². The first kappa shape index (κ1) is 35.8. The summed E-state index contributed by atoms with van der Waals surface area (Å²) in [7, 11) is 0. The Kier molecular flexibility index (Phi) is 10.6. The van der Waals surface area contributed by atoms with E-state index < -0.39 is 104 Å². The van der Waals surface area contributed by atoms with Crippen molar-refractivity contribution in [1.82, 2.24) is 0 Å². The van der Waals surface area contributed by atoms with Crippen molar-refractivity contribution in [3.8, 4) is 40.1 Å². The summed E-state index contributed by atoms with van der Waals surface area (Å²) in [6.45, 7) is 1.22. The van der Waals surface area contributed by atoms with Crippen molar-refractivity contribution < 1.29 is 88.4 Å². The molecule has 3 heterocycles. The zero-order valence-electron chi connectivity index (χ0n) is 25.9. The minimum Gasteiger partial charge on any atom is -0.507 e. The maximum absolute atomic E-state index is 11.4. The van der Waals surface area contributed by atoms with E-state index >= 15 is 0 Å². The summed E-state index contributed by atoms with van der Waals surface area (Å²) < 4.78 is 38.8. The Labute approximate surface area is 276 Å². The third-order valence-electron chi connectivity index (χ3n) is 7.76. The van der Waals surface area contributed by atoms with Gasteiger partial charge in [-0.1, -0.05) is 0 Å². The number of carbonyl (C=O) groups excluding carboxylic acids is 2. The van der Waals surface area contributed by atoms with Crippen LogP contribution in [0.25, 0.3) is 22.3 Å². The van der Waals surface area contributed by atoms with Gasteiger partial charge in [0.05, 0.1) is 11.6 Å². The number of ether oxygens (including phenoxy) is 6. The van der Waals surface area contributed by atoms with E-state index in [0.717, 1.165) is 38.1 Å². The van der Waals surface area contributed by atoms with Crippen molar-refractivity contribution in [2.75, 3.05) is 13.2 Å². The number of benzene rings is 2. The second-order valence-corrected chi connectivity index (χ2v) is 11.4. The quantitative estimate of drug-likeness (QED) is 0.0737. The summed E-state index contributed by atoms with van der Waals surface area (Å²) >= 11 is 0. The largest absolute Gasteiger partial charge is 0.507 e. The van der Waals surface area contributed by atoms with Gasteiger partial charge in [0.15, 0.2) is 11.5 Å². The molecular weight excluding hydrogens is 660 g/mol. The third kappa shape index (κ3) is 7.71. The zero-order chi connectivity index (χ0) is 35.7. The second-order valence-electron chi connectivity index (χ2n) is 11.4. The lowest BCUT2D eigenvalue weighted by molar-refractivity contribution is -0.278. The standard InChI is InChI=1S/C31H34O18/c1-11(32)43-9-21-23(37)25(39)27(41)30(48-21)46-19-7-14(34)6-18-15(19)8-20(29(45-18)13-3-4-16(35)17(36)5-13)47-31-28(42)26(40)24(38)22(49-31)10-44-12(2)33/h3-8,21-28,30-31,37-42H,9-10H2,1-2H3,(H2-,34,35,36)/p+1. The number of aliphatic hydroxyl groups excluding tert-OH is 6. The van der Waals surface area contributed by atoms with Gasteiger partial charge in [-0.3, -0.25) is 9.59 Å². The fourth-order valence-electron chi connectivity index (χ4n) is 5.17. The molecule has 3 aromatic rings. The molecule has 0 saturated carbocycles. The molecular formula is C31H35O18+. The SMILES string of the molecule is CC(=O)OCC1OC(Oc2cc3c(OC4OC(COC(C)=O)C(O)C(O)C4O)cc(O)cc3[o+]c2-c2ccc(O)c(O)c2)C(O)C(O)C1O. The van der Waals surface area contributed by atoms with Crippen LogP contribution in [0.4, 0.5) is 0 Å². The molecule has 2 aromatic carbocycles. The fraction of sp³-hybridized carbons (Fsp3) is 0.452. The molecule has 5 rings (SSSR count). The first-order valence-corrected chi connectivity index (χ1v) is 14.8. The van der Waals surface area contributed by atoms with Gasteiger partial charge in [-0.05, 0) is 12.1 Å². The highest BCUT2D eigenvalue weighted by Gasteiger charge is 2.47. The van der Waals surface area contributed by atoms with Crippen molar-refractivity contribution >= 4 is 22.9 Å². The smallest absolute Gasteiger partial charge is 0.402 e. The Morgan fingerprint density at radius 1 is 0.673 bits per heavy atom. The molecule has 0 bridgehead atoms.